The number of aromatic amines is 2. The number of aromatic nitrogens is 3. The molecule has 5 rings (SSSR count). The van der Waals surface area contributed by atoms with E-state index in [9.17, 15) is 0 Å². The van der Waals surface area contributed by atoms with Crippen molar-refractivity contribution in [2.24, 2.45) is 0 Å². The van der Waals surface area contributed by atoms with Crippen LogP contribution in [0.15, 0.2) is 60.8 Å². The van der Waals surface area contributed by atoms with E-state index in [2.05, 4.69) is 105 Å². The first kappa shape index (κ1) is 19.4. The van der Waals surface area contributed by atoms with E-state index < -0.39 is 0 Å². The van der Waals surface area contributed by atoms with E-state index in [1.54, 1.807) is 0 Å². The maximum Gasteiger partial charge on any atom is 0.0854 e. The van der Waals surface area contributed by atoms with E-state index in [1.165, 1.54) is 16.6 Å². The average Bonchev–Trinajstić information content (AvgIpc) is 3.46. The molecular weight excluding hydrogens is 382 g/mol. The van der Waals surface area contributed by atoms with Gasteiger partial charge in [-0.1, -0.05) is 36.4 Å². The lowest BCUT2D eigenvalue weighted by Crippen LogP contribution is -2.44. The van der Waals surface area contributed by atoms with Crippen molar-refractivity contribution in [3.8, 4) is 0 Å². The molecule has 0 atom stereocenters. The van der Waals surface area contributed by atoms with E-state index in [0.29, 0.717) is 0 Å². The van der Waals surface area contributed by atoms with Gasteiger partial charge in [-0.2, -0.15) is 5.10 Å². The van der Waals surface area contributed by atoms with Crippen molar-refractivity contribution in [1.29, 1.82) is 0 Å². The number of fused-ring (bicyclic) bond motifs is 1. The molecule has 4 aromatic rings. The average molecular weight is 410 g/mol. The monoisotopic (exact) mass is 409 g/mol. The summed E-state index contributed by atoms with van der Waals surface area (Å²) in [7, 11) is 2.18. The van der Waals surface area contributed by atoms with Gasteiger partial charge in [0.1, 0.15) is 0 Å². The maximum atomic E-state index is 4.40. The molecule has 156 valence electrons. The Hall–Kier alpha value is -3.57. The van der Waals surface area contributed by atoms with Crippen molar-refractivity contribution in [3.05, 3.63) is 83.3 Å². The molecule has 1 aliphatic heterocycles. The van der Waals surface area contributed by atoms with E-state index in [-0.39, 0.29) is 0 Å². The van der Waals surface area contributed by atoms with Crippen molar-refractivity contribution < 1.29 is 0 Å². The van der Waals surface area contributed by atoms with Gasteiger partial charge in [0.2, 0.25) is 0 Å². The van der Waals surface area contributed by atoms with Crippen molar-refractivity contribution in [1.82, 2.24) is 20.1 Å². The summed E-state index contributed by atoms with van der Waals surface area (Å²) in [5.41, 5.74) is 6.68. The predicted octanol–water partition coefficient (Wildman–Crippen LogP) is 4.98. The predicted molar refractivity (Wildman–Crippen MR) is 131 cm³/mol. The highest BCUT2D eigenvalue weighted by Gasteiger charge is 2.13. The van der Waals surface area contributed by atoms with E-state index in [0.717, 1.165) is 48.6 Å². The van der Waals surface area contributed by atoms with Crippen LogP contribution in [-0.4, -0.2) is 53.3 Å². The van der Waals surface area contributed by atoms with Gasteiger partial charge < -0.3 is 14.8 Å². The molecule has 1 fully saturated rings. The van der Waals surface area contributed by atoms with Gasteiger partial charge in [0.05, 0.1) is 11.4 Å². The van der Waals surface area contributed by atoms with Crippen molar-refractivity contribution in [2.75, 3.05) is 38.1 Å². The first-order chi connectivity index (χ1) is 15.2. The van der Waals surface area contributed by atoms with Crippen LogP contribution in [0, 0.1) is 0 Å². The minimum absolute atomic E-state index is 0.914. The second-order valence-corrected chi connectivity index (χ2v) is 8.12. The number of nitrogens with one attached hydrogen (secondary N) is 2. The minimum Gasteiger partial charge on any atom is -0.369 e. The van der Waals surface area contributed by atoms with Gasteiger partial charge in [0.25, 0.3) is 0 Å². The zero-order valence-electron chi connectivity index (χ0n) is 17.8. The zero-order valence-corrected chi connectivity index (χ0v) is 17.8. The zero-order chi connectivity index (χ0) is 21.0. The third kappa shape index (κ3) is 4.62. The molecule has 0 spiro atoms. The second kappa shape index (κ2) is 8.66. The quantitative estimate of drug-likeness (QED) is 0.489. The summed E-state index contributed by atoms with van der Waals surface area (Å²) >= 11 is 0. The molecule has 0 aliphatic carbocycles. The summed E-state index contributed by atoms with van der Waals surface area (Å²) in [6, 6.07) is 19.3. The lowest BCUT2D eigenvalue weighted by atomic mass is 10.1. The molecule has 1 aliphatic rings. The number of hydrogen-bond donors (Lipinski definition) is 2. The Balaban J connectivity index is 1.21. The smallest absolute Gasteiger partial charge is 0.0854 e. The fraction of sp³-hybridized carbons (Fsp3) is 0.192. The Kier molecular flexibility index (Phi) is 5.42. The van der Waals surface area contributed by atoms with Gasteiger partial charge in [-0.25, -0.2) is 0 Å². The lowest BCUT2D eigenvalue weighted by Gasteiger charge is -2.34. The van der Waals surface area contributed by atoms with Gasteiger partial charge >= 0.3 is 0 Å². The molecule has 2 aromatic carbocycles. The molecule has 5 nitrogen and oxygen atoms in total. The number of nitrogens with zero attached hydrogens (tertiary/aromatic N) is 3. The van der Waals surface area contributed by atoms with Crippen LogP contribution >= 0.6 is 0 Å². The summed E-state index contributed by atoms with van der Waals surface area (Å²) in [5, 5.41) is 8.72. The third-order valence-electron chi connectivity index (χ3n) is 5.86. The number of H-pyrrole nitrogens is 2. The van der Waals surface area contributed by atoms with Crippen molar-refractivity contribution in [3.63, 3.8) is 0 Å². The molecule has 31 heavy (non-hydrogen) atoms. The highest BCUT2D eigenvalue weighted by atomic mass is 15.2. The number of hydrogen-bond acceptors (Lipinski definition) is 3. The fourth-order valence-corrected chi connectivity index (χ4v) is 3.92. The largest absolute Gasteiger partial charge is 0.369 e. The standard InChI is InChI=1S/C26H27N5/c1-30-14-16-31(17-15-30)25-10-5-20(6-11-25)3-8-23-19-24(29-28-23)9-4-21-2-7-22-12-13-27-26(22)18-21/h2-13,18-19,27H,14-17H2,1H3,(H,28,29)/b8-3+,9-4+. The Bertz CT molecular complexity index is 1200. The first-order valence-electron chi connectivity index (χ1n) is 10.8. The Morgan fingerprint density at radius 1 is 0.806 bits per heavy atom. The summed E-state index contributed by atoms with van der Waals surface area (Å²) < 4.78 is 0. The van der Waals surface area contributed by atoms with Gasteiger partial charge in [-0.05, 0) is 66.0 Å². The molecule has 0 unspecified atom stereocenters. The fourth-order valence-electron chi connectivity index (χ4n) is 3.92. The molecule has 3 heterocycles. The minimum atomic E-state index is 0.914. The topological polar surface area (TPSA) is 50.9 Å². The van der Waals surface area contributed by atoms with Crippen LogP contribution in [0.4, 0.5) is 5.69 Å². The van der Waals surface area contributed by atoms with Gasteiger partial charge in [-0.15, -0.1) is 0 Å². The lowest BCUT2D eigenvalue weighted by molar-refractivity contribution is 0.313. The highest BCUT2D eigenvalue weighted by molar-refractivity contribution is 5.83. The molecule has 2 aromatic heterocycles. The van der Waals surface area contributed by atoms with E-state index in [4.69, 9.17) is 0 Å². The first-order valence-corrected chi connectivity index (χ1v) is 10.8. The number of piperazine rings is 1. The van der Waals surface area contributed by atoms with Gasteiger partial charge in [-0.3, -0.25) is 5.10 Å². The van der Waals surface area contributed by atoms with Crippen LogP contribution in [0.25, 0.3) is 35.2 Å². The van der Waals surface area contributed by atoms with Crippen LogP contribution in [0.5, 0.6) is 0 Å². The SMILES string of the molecule is CN1CCN(c2ccc(/C=C/c3cc(/C=C/c4ccc5cc[nH]c5c4)n[nH]3)cc2)CC1. The molecule has 0 radical (unpaired) electrons. The van der Waals surface area contributed by atoms with Crippen molar-refractivity contribution in [2.45, 2.75) is 0 Å². The van der Waals surface area contributed by atoms with Crippen LogP contribution in [0.2, 0.25) is 0 Å². The molecular formula is C26H27N5. The molecule has 0 saturated carbocycles. The third-order valence-corrected chi connectivity index (χ3v) is 5.86. The summed E-state index contributed by atoms with van der Waals surface area (Å²) in [6.07, 6.45) is 10.3. The molecule has 2 N–H and O–H groups in total. The van der Waals surface area contributed by atoms with Crippen LogP contribution < -0.4 is 4.90 Å². The highest BCUT2D eigenvalue weighted by Crippen LogP contribution is 2.19. The number of likely N-dealkylation sites (N-methyl/N-ethyl adjacent to an activating group) is 1. The number of benzene rings is 2. The van der Waals surface area contributed by atoms with E-state index in [1.807, 2.05) is 12.3 Å². The molecule has 0 bridgehead atoms. The second-order valence-electron chi connectivity index (χ2n) is 8.12. The molecule has 1 saturated heterocycles. The Morgan fingerprint density at radius 3 is 2.42 bits per heavy atom. The van der Waals surface area contributed by atoms with Gasteiger partial charge in [0.15, 0.2) is 0 Å². The Labute approximate surface area is 182 Å². The van der Waals surface area contributed by atoms with Gasteiger partial charge in [0, 0.05) is 43.6 Å². The maximum absolute atomic E-state index is 4.40. The van der Waals surface area contributed by atoms with Crippen LogP contribution in [0.1, 0.15) is 22.5 Å². The van der Waals surface area contributed by atoms with Crippen LogP contribution in [-0.2, 0) is 0 Å². The molecule has 5 heteroatoms. The Morgan fingerprint density at radius 2 is 1.58 bits per heavy atom. The van der Waals surface area contributed by atoms with Crippen LogP contribution in [0.3, 0.4) is 0 Å². The summed E-state index contributed by atoms with van der Waals surface area (Å²) in [4.78, 5) is 8.08. The van der Waals surface area contributed by atoms with E-state index >= 15 is 0 Å². The van der Waals surface area contributed by atoms with Crippen molar-refractivity contribution >= 4 is 40.9 Å². The number of anilines is 1. The molecule has 0 amide bonds. The normalized spacial score (nSPS) is 15.6. The summed E-state index contributed by atoms with van der Waals surface area (Å²) in [6.45, 7) is 4.43. The number of rotatable bonds is 5. The summed E-state index contributed by atoms with van der Waals surface area (Å²) in [5.74, 6) is 0.